The van der Waals surface area contributed by atoms with E-state index in [2.05, 4.69) is 15.6 Å². The molecule has 0 bridgehead atoms. The van der Waals surface area contributed by atoms with Crippen molar-refractivity contribution in [3.05, 3.63) is 65.8 Å². The van der Waals surface area contributed by atoms with Crippen molar-refractivity contribution in [3.63, 3.8) is 0 Å². The molecule has 3 heterocycles. The van der Waals surface area contributed by atoms with Crippen molar-refractivity contribution in [2.45, 2.75) is 19.4 Å². The Morgan fingerprint density at radius 1 is 1.31 bits per heavy atom. The predicted octanol–water partition coefficient (Wildman–Crippen LogP) is 2.16. The summed E-state index contributed by atoms with van der Waals surface area (Å²) in [7, 11) is 0. The van der Waals surface area contributed by atoms with E-state index in [1.807, 2.05) is 43.3 Å². The molecule has 1 saturated heterocycles. The first-order valence-corrected chi connectivity index (χ1v) is 8.60. The molecule has 1 aliphatic heterocycles. The third kappa shape index (κ3) is 3.52. The maximum Gasteiger partial charge on any atom is 0.254 e. The van der Waals surface area contributed by atoms with E-state index in [1.165, 1.54) is 0 Å². The summed E-state index contributed by atoms with van der Waals surface area (Å²) in [4.78, 5) is 12.6. The second-order valence-electron chi connectivity index (χ2n) is 6.53. The molecule has 1 aromatic carbocycles. The van der Waals surface area contributed by atoms with Gasteiger partial charge in [-0.1, -0.05) is 23.4 Å². The Bertz CT molecular complexity index is 887. The predicted molar refractivity (Wildman–Crippen MR) is 94.1 cm³/mol. The Morgan fingerprint density at radius 2 is 2.15 bits per heavy atom. The van der Waals surface area contributed by atoms with Crippen LogP contribution in [0.15, 0.2) is 53.3 Å². The molecule has 4 rings (SSSR count). The van der Waals surface area contributed by atoms with Gasteiger partial charge in [0.2, 0.25) is 0 Å². The minimum Gasteiger partial charge on any atom is -0.379 e. The lowest BCUT2D eigenvalue weighted by Crippen LogP contribution is -2.40. The summed E-state index contributed by atoms with van der Waals surface area (Å²) in [5.41, 5.74) is 2.29. The van der Waals surface area contributed by atoms with Gasteiger partial charge in [-0.2, -0.15) is 5.10 Å². The number of hydrogen-bond acceptors (Lipinski definition) is 5. The van der Waals surface area contributed by atoms with Crippen molar-refractivity contribution < 1.29 is 14.1 Å². The average molecular weight is 352 g/mol. The third-order valence-corrected chi connectivity index (χ3v) is 4.52. The quantitative estimate of drug-likeness (QED) is 0.761. The fourth-order valence-corrected chi connectivity index (χ4v) is 3.14. The van der Waals surface area contributed by atoms with Crippen molar-refractivity contribution in [1.29, 1.82) is 0 Å². The molecule has 1 amide bonds. The fourth-order valence-electron chi connectivity index (χ4n) is 3.14. The number of aromatic nitrogens is 3. The highest BCUT2D eigenvalue weighted by Gasteiger charge is 2.31. The van der Waals surface area contributed by atoms with Crippen LogP contribution in [0.4, 0.5) is 0 Å². The zero-order valence-corrected chi connectivity index (χ0v) is 14.5. The maximum absolute atomic E-state index is 12.6. The molecule has 134 valence electrons. The summed E-state index contributed by atoms with van der Waals surface area (Å²) < 4.78 is 12.5. The number of aryl methyl sites for hydroxylation is 1. The summed E-state index contributed by atoms with van der Waals surface area (Å²) in [6.07, 6.45) is 4.00. The molecule has 0 aliphatic carbocycles. The van der Waals surface area contributed by atoms with E-state index in [9.17, 15) is 4.79 Å². The highest BCUT2D eigenvalue weighted by molar-refractivity contribution is 5.94. The Balaban J connectivity index is 1.41. The molecule has 0 spiro atoms. The lowest BCUT2D eigenvalue weighted by molar-refractivity contribution is 0.0924. The van der Waals surface area contributed by atoms with Crippen LogP contribution < -0.4 is 5.32 Å². The summed E-state index contributed by atoms with van der Waals surface area (Å²) in [5.74, 6) is 0.825. The van der Waals surface area contributed by atoms with Crippen molar-refractivity contribution in [2.75, 3.05) is 13.2 Å². The number of carbonyl (C=O) groups is 1. The minimum absolute atomic E-state index is 0.0621. The number of nitrogens with one attached hydrogen (secondary N) is 1. The summed E-state index contributed by atoms with van der Waals surface area (Å²) in [5, 5.41) is 11.2. The number of hydrogen-bond donors (Lipinski definition) is 1. The van der Waals surface area contributed by atoms with Crippen LogP contribution in [0, 0.1) is 12.8 Å². The van der Waals surface area contributed by atoms with Gasteiger partial charge in [-0.05, 0) is 19.1 Å². The van der Waals surface area contributed by atoms with Crippen LogP contribution in [0.25, 0.3) is 5.69 Å². The van der Waals surface area contributed by atoms with E-state index in [0.717, 1.165) is 17.1 Å². The molecule has 0 saturated carbocycles. The normalized spacial score (nSPS) is 19.6. The maximum atomic E-state index is 12.6. The number of rotatable bonds is 5. The number of amides is 1. The van der Waals surface area contributed by atoms with Gasteiger partial charge >= 0.3 is 0 Å². The average Bonchev–Trinajstić information content (AvgIpc) is 3.38. The largest absolute Gasteiger partial charge is 0.379 e. The molecular weight excluding hydrogens is 332 g/mol. The highest BCUT2D eigenvalue weighted by Crippen LogP contribution is 2.20. The SMILES string of the molecule is Cc1cc(C[C@@H]2COC[C@@H]2NC(=O)c2cnn(-c3ccccc3)c2)on1. The van der Waals surface area contributed by atoms with Gasteiger partial charge in [0.25, 0.3) is 5.91 Å². The van der Waals surface area contributed by atoms with Crippen LogP contribution in [0.2, 0.25) is 0 Å². The number of benzene rings is 1. The molecule has 7 heteroatoms. The van der Waals surface area contributed by atoms with Crippen molar-refractivity contribution in [2.24, 2.45) is 5.92 Å². The van der Waals surface area contributed by atoms with Gasteiger partial charge < -0.3 is 14.6 Å². The number of ether oxygens (including phenoxy) is 1. The molecule has 7 nitrogen and oxygen atoms in total. The summed E-state index contributed by atoms with van der Waals surface area (Å²) in [6, 6.07) is 11.5. The molecule has 1 fully saturated rings. The first-order valence-electron chi connectivity index (χ1n) is 8.60. The van der Waals surface area contributed by atoms with E-state index < -0.39 is 0 Å². The number of nitrogens with zero attached hydrogens (tertiary/aromatic N) is 3. The first-order chi connectivity index (χ1) is 12.7. The number of carbonyl (C=O) groups excluding carboxylic acids is 1. The summed E-state index contributed by atoms with van der Waals surface area (Å²) >= 11 is 0. The molecule has 26 heavy (non-hydrogen) atoms. The molecule has 3 aromatic rings. The van der Waals surface area contributed by atoms with E-state index in [4.69, 9.17) is 9.26 Å². The van der Waals surface area contributed by atoms with E-state index in [1.54, 1.807) is 17.1 Å². The number of para-hydroxylation sites is 1. The Hall–Kier alpha value is -2.93. The minimum atomic E-state index is -0.151. The lowest BCUT2D eigenvalue weighted by Gasteiger charge is -2.17. The Labute approximate surface area is 150 Å². The Morgan fingerprint density at radius 3 is 2.92 bits per heavy atom. The van der Waals surface area contributed by atoms with Gasteiger partial charge in [0.1, 0.15) is 5.76 Å². The van der Waals surface area contributed by atoms with Crippen molar-refractivity contribution in [1.82, 2.24) is 20.3 Å². The lowest BCUT2D eigenvalue weighted by atomic mass is 9.98. The van der Waals surface area contributed by atoms with Crippen LogP contribution in [0.1, 0.15) is 21.8 Å². The van der Waals surface area contributed by atoms with Crippen LogP contribution >= 0.6 is 0 Å². The van der Waals surface area contributed by atoms with Crippen LogP contribution in [-0.2, 0) is 11.2 Å². The van der Waals surface area contributed by atoms with Crippen molar-refractivity contribution >= 4 is 5.91 Å². The van der Waals surface area contributed by atoms with E-state index >= 15 is 0 Å². The van der Waals surface area contributed by atoms with E-state index in [0.29, 0.717) is 25.2 Å². The van der Waals surface area contributed by atoms with Crippen LogP contribution in [-0.4, -0.2) is 40.1 Å². The van der Waals surface area contributed by atoms with Crippen LogP contribution in [0.5, 0.6) is 0 Å². The smallest absolute Gasteiger partial charge is 0.254 e. The molecular formula is C19H20N4O3. The first kappa shape index (κ1) is 16.5. The molecule has 0 radical (unpaired) electrons. The monoisotopic (exact) mass is 352 g/mol. The highest BCUT2D eigenvalue weighted by atomic mass is 16.5. The molecule has 1 aliphatic rings. The van der Waals surface area contributed by atoms with Gasteiger partial charge in [0.15, 0.2) is 0 Å². The van der Waals surface area contributed by atoms with Gasteiger partial charge in [0, 0.05) is 24.6 Å². The third-order valence-electron chi connectivity index (χ3n) is 4.52. The zero-order valence-electron chi connectivity index (χ0n) is 14.5. The van der Waals surface area contributed by atoms with Gasteiger partial charge in [-0.25, -0.2) is 4.68 Å². The molecule has 2 atom stereocenters. The van der Waals surface area contributed by atoms with Crippen molar-refractivity contribution in [3.8, 4) is 5.69 Å². The Kier molecular flexibility index (Phi) is 4.53. The van der Waals surface area contributed by atoms with E-state index in [-0.39, 0.29) is 17.9 Å². The fraction of sp³-hybridized carbons (Fsp3) is 0.316. The van der Waals surface area contributed by atoms with Gasteiger partial charge in [0.05, 0.1) is 42.4 Å². The molecule has 2 aromatic heterocycles. The zero-order chi connectivity index (χ0) is 17.9. The second kappa shape index (κ2) is 7.13. The van der Waals surface area contributed by atoms with Gasteiger partial charge in [-0.3, -0.25) is 4.79 Å². The standard InChI is InChI=1S/C19H20N4O3/c1-13-7-17(26-22-13)8-14-11-25-12-18(14)21-19(24)15-9-20-23(10-15)16-5-3-2-4-6-16/h2-7,9-10,14,18H,8,11-12H2,1H3,(H,21,24)/t14-,18+/m1/s1. The second-order valence-corrected chi connectivity index (χ2v) is 6.53. The molecule has 1 N–H and O–H groups in total. The topological polar surface area (TPSA) is 82.2 Å². The van der Waals surface area contributed by atoms with Crippen LogP contribution in [0.3, 0.4) is 0 Å². The van der Waals surface area contributed by atoms with Gasteiger partial charge in [-0.15, -0.1) is 0 Å². The summed E-state index contributed by atoms with van der Waals surface area (Å²) in [6.45, 7) is 2.98. The molecule has 0 unspecified atom stereocenters.